The predicted molar refractivity (Wildman–Crippen MR) is 58.5 cm³/mol. The minimum atomic E-state index is -0.656. The van der Waals surface area contributed by atoms with Gasteiger partial charge in [0.2, 0.25) is 0 Å². The van der Waals surface area contributed by atoms with Gasteiger partial charge in [-0.2, -0.15) is 0 Å². The Bertz CT molecular complexity index is 504. The summed E-state index contributed by atoms with van der Waals surface area (Å²) < 4.78 is 27.3. The van der Waals surface area contributed by atoms with E-state index in [2.05, 4.69) is 10.3 Å². The smallest absolute Gasteiger partial charge is 0.128 e. The van der Waals surface area contributed by atoms with Crippen LogP contribution in [0.2, 0.25) is 0 Å². The summed E-state index contributed by atoms with van der Waals surface area (Å²) in [6.45, 7) is 1.92. The van der Waals surface area contributed by atoms with Gasteiger partial charge in [-0.05, 0) is 18.6 Å². The molecular weight excluding hydrogens is 226 g/mol. The number of nitrogens with zero attached hydrogens (tertiary/aromatic N) is 3. The van der Waals surface area contributed by atoms with Crippen LogP contribution in [0.1, 0.15) is 25.1 Å². The topological polar surface area (TPSA) is 56.7 Å². The SMILES string of the molecule is CCC(N)c1cn(-c2cc(F)cc(F)c2)nn1. The molecule has 6 heteroatoms. The van der Waals surface area contributed by atoms with Crippen LogP contribution in [0.4, 0.5) is 8.78 Å². The van der Waals surface area contributed by atoms with E-state index in [4.69, 9.17) is 5.73 Å². The summed E-state index contributed by atoms with van der Waals surface area (Å²) in [5.74, 6) is -1.31. The second-order valence-electron chi connectivity index (χ2n) is 3.73. The van der Waals surface area contributed by atoms with E-state index in [1.807, 2.05) is 6.92 Å². The van der Waals surface area contributed by atoms with E-state index in [9.17, 15) is 8.78 Å². The maximum absolute atomic E-state index is 13.0. The van der Waals surface area contributed by atoms with E-state index in [1.165, 1.54) is 16.8 Å². The lowest BCUT2D eigenvalue weighted by Gasteiger charge is -2.02. The van der Waals surface area contributed by atoms with Crippen LogP contribution in [-0.2, 0) is 0 Å². The second kappa shape index (κ2) is 4.58. The first kappa shape index (κ1) is 11.7. The van der Waals surface area contributed by atoms with Gasteiger partial charge >= 0.3 is 0 Å². The highest BCUT2D eigenvalue weighted by Gasteiger charge is 2.10. The third-order valence-electron chi connectivity index (χ3n) is 2.44. The normalized spacial score (nSPS) is 12.7. The van der Waals surface area contributed by atoms with Crippen molar-refractivity contribution in [2.45, 2.75) is 19.4 Å². The van der Waals surface area contributed by atoms with Crippen LogP contribution in [0.3, 0.4) is 0 Å². The fraction of sp³-hybridized carbons (Fsp3) is 0.273. The van der Waals surface area contributed by atoms with Gasteiger partial charge in [0.25, 0.3) is 0 Å². The molecule has 1 heterocycles. The van der Waals surface area contributed by atoms with Crippen LogP contribution in [0.25, 0.3) is 5.69 Å². The molecule has 0 amide bonds. The van der Waals surface area contributed by atoms with Gasteiger partial charge in [-0.3, -0.25) is 0 Å². The summed E-state index contributed by atoms with van der Waals surface area (Å²) in [6, 6.07) is 2.94. The molecule has 1 unspecified atom stereocenters. The number of hydrogen-bond acceptors (Lipinski definition) is 3. The maximum atomic E-state index is 13.0. The highest BCUT2D eigenvalue weighted by atomic mass is 19.1. The average Bonchev–Trinajstić information content (AvgIpc) is 2.76. The first-order valence-corrected chi connectivity index (χ1v) is 5.24. The van der Waals surface area contributed by atoms with Crippen molar-refractivity contribution >= 4 is 0 Å². The summed E-state index contributed by atoms with van der Waals surface area (Å²) in [5.41, 5.74) is 6.66. The van der Waals surface area contributed by atoms with E-state index in [0.717, 1.165) is 12.5 Å². The number of rotatable bonds is 3. The molecule has 0 saturated carbocycles. The number of nitrogens with two attached hydrogens (primary N) is 1. The van der Waals surface area contributed by atoms with Gasteiger partial charge in [0, 0.05) is 6.07 Å². The molecule has 0 saturated heterocycles. The second-order valence-corrected chi connectivity index (χ2v) is 3.73. The maximum Gasteiger partial charge on any atom is 0.128 e. The summed E-state index contributed by atoms with van der Waals surface area (Å²) in [5, 5.41) is 7.66. The standard InChI is InChI=1S/C11H12F2N4/c1-2-10(14)11-6-17(16-15-11)9-4-7(12)3-8(13)5-9/h3-6,10H,2,14H2,1H3. The fourth-order valence-electron chi connectivity index (χ4n) is 1.45. The molecule has 2 aromatic rings. The van der Waals surface area contributed by atoms with Crippen LogP contribution in [0, 0.1) is 11.6 Å². The molecule has 90 valence electrons. The molecule has 2 N–H and O–H groups in total. The van der Waals surface area contributed by atoms with E-state index in [0.29, 0.717) is 5.69 Å². The minimum Gasteiger partial charge on any atom is -0.323 e. The quantitative estimate of drug-likeness (QED) is 0.889. The first-order valence-electron chi connectivity index (χ1n) is 5.24. The van der Waals surface area contributed by atoms with Crippen molar-refractivity contribution < 1.29 is 8.78 Å². The fourth-order valence-corrected chi connectivity index (χ4v) is 1.45. The predicted octanol–water partition coefficient (Wildman–Crippen LogP) is 1.96. The number of hydrogen-bond donors (Lipinski definition) is 1. The van der Waals surface area contributed by atoms with Crippen molar-refractivity contribution in [2.24, 2.45) is 5.73 Å². The lowest BCUT2D eigenvalue weighted by atomic mass is 10.2. The zero-order chi connectivity index (χ0) is 12.4. The highest BCUT2D eigenvalue weighted by Crippen LogP contribution is 2.15. The Hall–Kier alpha value is -1.82. The van der Waals surface area contributed by atoms with Crippen LogP contribution in [0.5, 0.6) is 0 Å². The van der Waals surface area contributed by atoms with Gasteiger partial charge in [-0.15, -0.1) is 5.10 Å². The summed E-state index contributed by atoms with van der Waals surface area (Å²) in [4.78, 5) is 0. The first-order chi connectivity index (χ1) is 8.10. The van der Waals surface area contributed by atoms with Crippen molar-refractivity contribution in [2.75, 3.05) is 0 Å². The van der Waals surface area contributed by atoms with Crippen LogP contribution in [0.15, 0.2) is 24.4 Å². The van der Waals surface area contributed by atoms with Crippen molar-refractivity contribution in [3.8, 4) is 5.69 Å². The molecule has 0 radical (unpaired) electrons. The van der Waals surface area contributed by atoms with E-state index < -0.39 is 11.6 Å². The number of halogens is 2. The van der Waals surface area contributed by atoms with Crippen molar-refractivity contribution in [1.29, 1.82) is 0 Å². The molecule has 4 nitrogen and oxygen atoms in total. The average molecular weight is 238 g/mol. The van der Waals surface area contributed by atoms with Crippen molar-refractivity contribution in [3.05, 3.63) is 41.7 Å². The molecule has 2 rings (SSSR count). The molecule has 17 heavy (non-hydrogen) atoms. The van der Waals surface area contributed by atoms with Gasteiger partial charge in [0.15, 0.2) is 0 Å². The minimum absolute atomic E-state index is 0.220. The van der Waals surface area contributed by atoms with Gasteiger partial charge in [0.1, 0.15) is 11.6 Å². The molecule has 0 aliphatic carbocycles. The third kappa shape index (κ3) is 2.47. The Morgan fingerprint density at radius 2 is 1.94 bits per heavy atom. The summed E-state index contributed by atoms with van der Waals surface area (Å²) >= 11 is 0. The lowest BCUT2D eigenvalue weighted by Crippen LogP contribution is -2.08. The van der Waals surface area contributed by atoms with Gasteiger partial charge in [-0.25, -0.2) is 13.5 Å². The van der Waals surface area contributed by atoms with Crippen LogP contribution in [-0.4, -0.2) is 15.0 Å². The molecule has 0 fully saturated rings. The van der Waals surface area contributed by atoms with E-state index in [-0.39, 0.29) is 11.7 Å². The largest absolute Gasteiger partial charge is 0.323 e. The molecule has 0 bridgehead atoms. The summed E-state index contributed by atoms with van der Waals surface area (Å²) in [7, 11) is 0. The number of benzene rings is 1. The monoisotopic (exact) mass is 238 g/mol. The molecule has 1 aromatic heterocycles. The van der Waals surface area contributed by atoms with E-state index >= 15 is 0 Å². The zero-order valence-corrected chi connectivity index (χ0v) is 9.27. The Labute approximate surface area is 97.0 Å². The lowest BCUT2D eigenvalue weighted by molar-refractivity contribution is 0.579. The molecule has 0 spiro atoms. The molecule has 0 aliphatic rings. The molecule has 0 aliphatic heterocycles. The van der Waals surface area contributed by atoms with Gasteiger partial charge < -0.3 is 5.73 Å². The van der Waals surface area contributed by atoms with Crippen molar-refractivity contribution in [1.82, 2.24) is 15.0 Å². The Balaban J connectivity index is 2.36. The molecule has 1 aromatic carbocycles. The van der Waals surface area contributed by atoms with Gasteiger partial charge in [-0.1, -0.05) is 12.1 Å². The highest BCUT2D eigenvalue weighted by molar-refractivity contribution is 5.32. The molecular formula is C11H12F2N4. The van der Waals surface area contributed by atoms with Crippen LogP contribution >= 0.6 is 0 Å². The zero-order valence-electron chi connectivity index (χ0n) is 9.27. The Morgan fingerprint density at radius 3 is 2.53 bits per heavy atom. The summed E-state index contributed by atoms with van der Waals surface area (Å²) in [6.07, 6.45) is 2.29. The molecule has 1 atom stereocenters. The Kier molecular flexibility index (Phi) is 3.14. The van der Waals surface area contributed by atoms with Crippen LogP contribution < -0.4 is 5.73 Å². The number of aromatic nitrogens is 3. The third-order valence-corrected chi connectivity index (χ3v) is 2.44. The Morgan fingerprint density at radius 1 is 1.29 bits per heavy atom. The van der Waals surface area contributed by atoms with Gasteiger partial charge in [0.05, 0.1) is 23.6 Å². The van der Waals surface area contributed by atoms with Crippen molar-refractivity contribution in [3.63, 3.8) is 0 Å². The van der Waals surface area contributed by atoms with E-state index in [1.54, 1.807) is 6.20 Å².